The van der Waals surface area contributed by atoms with Crippen molar-refractivity contribution >= 4 is 17.9 Å². The van der Waals surface area contributed by atoms with Crippen LogP contribution in [0.4, 0.5) is 0 Å². The minimum absolute atomic E-state index is 0.00557. The zero-order valence-electron chi connectivity index (χ0n) is 13.2. The Balaban J connectivity index is 2.17. The zero-order chi connectivity index (χ0) is 17.2. The van der Waals surface area contributed by atoms with Crippen LogP contribution in [0.15, 0.2) is 66.4 Å². The van der Waals surface area contributed by atoms with Crippen molar-refractivity contribution in [3.8, 4) is 0 Å². The van der Waals surface area contributed by atoms with E-state index in [0.717, 1.165) is 5.56 Å². The fraction of sp³-hybridized carbons (Fsp3) is 0.158. The molecule has 2 aromatic carbocycles. The summed E-state index contributed by atoms with van der Waals surface area (Å²) in [5, 5.41) is 14.1. The molecule has 5 nitrogen and oxygen atoms in total. The van der Waals surface area contributed by atoms with E-state index < -0.39 is 5.91 Å². The lowest BCUT2D eigenvalue weighted by Gasteiger charge is -2.11. The number of nitrogens with one attached hydrogen (secondary N) is 2. The molecule has 0 spiro atoms. The molecule has 0 aliphatic carbocycles. The van der Waals surface area contributed by atoms with Gasteiger partial charge in [0.25, 0.3) is 11.8 Å². The minimum Gasteiger partial charge on any atom is -0.396 e. The summed E-state index contributed by atoms with van der Waals surface area (Å²) in [6, 6.07) is 18.0. The van der Waals surface area contributed by atoms with E-state index in [1.165, 1.54) is 0 Å². The summed E-state index contributed by atoms with van der Waals surface area (Å²) in [5.41, 5.74) is 1.44. The first kappa shape index (κ1) is 17.4. The SMILES string of the molecule is O=C(NCCCO)/C(=C\c1ccccc1)NC(=O)c1ccccc1. The quantitative estimate of drug-likeness (QED) is 0.538. The first-order valence-corrected chi connectivity index (χ1v) is 7.73. The Morgan fingerprint density at radius 3 is 2.21 bits per heavy atom. The molecule has 0 bridgehead atoms. The Morgan fingerprint density at radius 2 is 1.58 bits per heavy atom. The highest BCUT2D eigenvalue weighted by Gasteiger charge is 2.14. The Bertz CT molecular complexity index is 697. The van der Waals surface area contributed by atoms with Crippen molar-refractivity contribution in [3.05, 3.63) is 77.5 Å². The molecular weight excluding hydrogens is 304 g/mol. The van der Waals surface area contributed by atoms with Crippen LogP contribution in [0.5, 0.6) is 0 Å². The summed E-state index contributed by atoms with van der Waals surface area (Å²) in [7, 11) is 0. The van der Waals surface area contributed by atoms with E-state index >= 15 is 0 Å². The molecule has 2 aromatic rings. The number of aliphatic hydroxyl groups excluding tert-OH is 1. The second-order valence-corrected chi connectivity index (χ2v) is 5.12. The molecule has 0 saturated carbocycles. The van der Waals surface area contributed by atoms with Gasteiger partial charge in [-0.15, -0.1) is 0 Å². The highest BCUT2D eigenvalue weighted by molar-refractivity contribution is 6.05. The summed E-state index contributed by atoms with van der Waals surface area (Å²) in [5.74, 6) is -0.744. The number of benzene rings is 2. The third kappa shape index (κ3) is 5.37. The van der Waals surface area contributed by atoms with E-state index in [1.807, 2.05) is 36.4 Å². The molecule has 0 aliphatic rings. The number of hydrogen-bond donors (Lipinski definition) is 3. The van der Waals surface area contributed by atoms with E-state index in [0.29, 0.717) is 18.5 Å². The van der Waals surface area contributed by atoms with Gasteiger partial charge in [0, 0.05) is 18.7 Å². The van der Waals surface area contributed by atoms with Crippen molar-refractivity contribution in [2.24, 2.45) is 0 Å². The van der Waals surface area contributed by atoms with Gasteiger partial charge in [-0.25, -0.2) is 0 Å². The zero-order valence-corrected chi connectivity index (χ0v) is 13.2. The van der Waals surface area contributed by atoms with Crippen LogP contribution in [-0.2, 0) is 4.79 Å². The van der Waals surface area contributed by atoms with Crippen molar-refractivity contribution < 1.29 is 14.7 Å². The van der Waals surface area contributed by atoms with E-state index in [4.69, 9.17) is 5.11 Å². The van der Waals surface area contributed by atoms with Gasteiger partial charge in [0.15, 0.2) is 0 Å². The van der Waals surface area contributed by atoms with E-state index in [-0.39, 0.29) is 18.2 Å². The lowest BCUT2D eigenvalue weighted by Crippen LogP contribution is -2.35. The summed E-state index contributed by atoms with van der Waals surface area (Å²) < 4.78 is 0. The summed E-state index contributed by atoms with van der Waals surface area (Å²) >= 11 is 0. The predicted octanol–water partition coefficient (Wildman–Crippen LogP) is 1.96. The molecule has 0 unspecified atom stereocenters. The third-order valence-electron chi connectivity index (χ3n) is 3.26. The molecule has 124 valence electrons. The second-order valence-electron chi connectivity index (χ2n) is 5.12. The predicted molar refractivity (Wildman–Crippen MR) is 93.0 cm³/mol. The van der Waals surface area contributed by atoms with Gasteiger partial charge in [-0.1, -0.05) is 48.5 Å². The first-order chi connectivity index (χ1) is 11.7. The first-order valence-electron chi connectivity index (χ1n) is 7.73. The Labute approximate surface area is 141 Å². The fourth-order valence-corrected chi connectivity index (χ4v) is 2.03. The molecule has 0 radical (unpaired) electrons. The average molecular weight is 324 g/mol. The number of hydrogen-bond acceptors (Lipinski definition) is 3. The molecule has 2 amide bonds. The second kappa shape index (κ2) is 9.27. The minimum atomic E-state index is -0.392. The van der Waals surface area contributed by atoms with Crippen LogP contribution in [0, 0.1) is 0 Å². The van der Waals surface area contributed by atoms with Gasteiger partial charge in [-0.2, -0.15) is 0 Å². The number of rotatable bonds is 7. The number of carbonyl (C=O) groups is 2. The van der Waals surface area contributed by atoms with Crippen molar-refractivity contribution in [1.29, 1.82) is 0 Å². The molecule has 0 heterocycles. The Kier molecular flexibility index (Phi) is 6.73. The molecular formula is C19H20N2O3. The van der Waals surface area contributed by atoms with Crippen LogP contribution in [0.3, 0.4) is 0 Å². The van der Waals surface area contributed by atoms with Crippen LogP contribution in [0.25, 0.3) is 6.08 Å². The normalized spacial score (nSPS) is 11.0. The summed E-state index contributed by atoms with van der Waals surface area (Å²) in [6.07, 6.45) is 2.08. The molecule has 5 heteroatoms. The Morgan fingerprint density at radius 1 is 0.958 bits per heavy atom. The van der Waals surface area contributed by atoms with Crippen LogP contribution >= 0.6 is 0 Å². The smallest absolute Gasteiger partial charge is 0.267 e. The third-order valence-corrected chi connectivity index (χ3v) is 3.26. The highest BCUT2D eigenvalue weighted by Crippen LogP contribution is 2.07. The molecule has 0 fully saturated rings. The number of amides is 2. The van der Waals surface area contributed by atoms with Crippen LogP contribution < -0.4 is 10.6 Å². The molecule has 3 N–H and O–H groups in total. The topological polar surface area (TPSA) is 78.4 Å². The maximum absolute atomic E-state index is 12.3. The monoisotopic (exact) mass is 324 g/mol. The van der Waals surface area contributed by atoms with Gasteiger partial charge in [0.2, 0.25) is 0 Å². The summed E-state index contributed by atoms with van der Waals surface area (Å²) in [4.78, 5) is 24.6. The fourth-order valence-electron chi connectivity index (χ4n) is 2.03. The van der Waals surface area contributed by atoms with Gasteiger partial charge in [-0.3, -0.25) is 9.59 Å². The lowest BCUT2D eigenvalue weighted by atomic mass is 10.1. The molecule has 0 atom stereocenters. The maximum atomic E-state index is 12.3. The van der Waals surface area contributed by atoms with E-state index in [2.05, 4.69) is 10.6 Å². The van der Waals surface area contributed by atoms with Gasteiger partial charge < -0.3 is 15.7 Å². The largest absolute Gasteiger partial charge is 0.396 e. The molecule has 0 aliphatic heterocycles. The van der Waals surface area contributed by atoms with E-state index in [1.54, 1.807) is 30.3 Å². The molecule has 24 heavy (non-hydrogen) atoms. The molecule has 0 aromatic heterocycles. The van der Waals surface area contributed by atoms with Crippen molar-refractivity contribution in [2.75, 3.05) is 13.2 Å². The Hall–Kier alpha value is -2.92. The van der Waals surface area contributed by atoms with Gasteiger partial charge in [0.1, 0.15) is 5.70 Å². The standard InChI is InChI=1S/C19H20N2O3/c22-13-7-12-20-19(24)17(14-15-8-3-1-4-9-15)21-18(23)16-10-5-2-6-11-16/h1-6,8-11,14,22H,7,12-13H2,(H,20,24)(H,21,23)/b17-14+. The summed E-state index contributed by atoms with van der Waals surface area (Å²) in [6.45, 7) is 0.330. The highest BCUT2D eigenvalue weighted by atomic mass is 16.3. The lowest BCUT2D eigenvalue weighted by molar-refractivity contribution is -0.117. The van der Waals surface area contributed by atoms with Crippen LogP contribution in [-0.4, -0.2) is 30.1 Å². The molecule has 2 rings (SSSR count). The van der Waals surface area contributed by atoms with Crippen molar-refractivity contribution in [2.45, 2.75) is 6.42 Å². The van der Waals surface area contributed by atoms with Gasteiger partial charge >= 0.3 is 0 Å². The van der Waals surface area contributed by atoms with Crippen molar-refractivity contribution in [3.63, 3.8) is 0 Å². The molecule has 0 saturated heterocycles. The maximum Gasteiger partial charge on any atom is 0.267 e. The number of aliphatic hydroxyl groups is 1. The van der Waals surface area contributed by atoms with Gasteiger partial charge in [-0.05, 0) is 30.2 Å². The van der Waals surface area contributed by atoms with Gasteiger partial charge in [0.05, 0.1) is 0 Å². The number of carbonyl (C=O) groups excluding carboxylic acids is 2. The van der Waals surface area contributed by atoms with Crippen molar-refractivity contribution in [1.82, 2.24) is 10.6 Å². The van der Waals surface area contributed by atoms with Crippen LogP contribution in [0.2, 0.25) is 0 Å². The van der Waals surface area contributed by atoms with Crippen LogP contribution in [0.1, 0.15) is 22.3 Å². The average Bonchev–Trinajstić information content (AvgIpc) is 2.63. The van der Waals surface area contributed by atoms with E-state index in [9.17, 15) is 9.59 Å².